The summed E-state index contributed by atoms with van der Waals surface area (Å²) in [6, 6.07) is 14.5. The molecule has 1 unspecified atom stereocenters. The monoisotopic (exact) mass is 545 g/mol. The van der Waals surface area contributed by atoms with Crippen molar-refractivity contribution in [3.8, 4) is 11.5 Å². The molecule has 1 aliphatic heterocycles. The van der Waals surface area contributed by atoms with E-state index in [0.29, 0.717) is 11.3 Å². The molecule has 6 nitrogen and oxygen atoms in total. The van der Waals surface area contributed by atoms with Gasteiger partial charge in [0.2, 0.25) is 0 Å². The van der Waals surface area contributed by atoms with Gasteiger partial charge in [0.1, 0.15) is 16.4 Å². The number of benzene rings is 3. The van der Waals surface area contributed by atoms with Crippen molar-refractivity contribution in [3.63, 3.8) is 0 Å². The minimum atomic E-state index is -4.83. The Bertz CT molecular complexity index is 1360. The highest BCUT2D eigenvalue weighted by Crippen LogP contribution is 2.49. The van der Waals surface area contributed by atoms with Gasteiger partial charge in [-0.2, -0.15) is 21.6 Å². The third kappa shape index (κ3) is 5.05. The van der Waals surface area contributed by atoms with Crippen molar-refractivity contribution < 1.29 is 35.3 Å². The molecule has 12 heteroatoms. The van der Waals surface area contributed by atoms with Crippen molar-refractivity contribution in [1.29, 1.82) is 0 Å². The molecule has 0 saturated carbocycles. The van der Waals surface area contributed by atoms with Crippen molar-refractivity contribution in [3.05, 3.63) is 87.9 Å². The van der Waals surface area contributed by atoms with Crippen molar-refractivity contribution in [1.82, 2.24) is 0 Å². The lowest BCUT2D eigenvalue weighted by molar-refractivity contribution is -0.275. The Kier molecular flexibility index (Phi) is 6.65. The van der Waals surface area contributed by atoms with Crippen LogP contribution in [0.25, 0.3) is 0 Å². The maximum atomic E-state index is 14.1. The van der Waals surface area contributed by atoms with E-state index in [9.17, 15) is 21.6 Å². The molecule has 3 aromatic rings. The zero-order chi connectivity index (χ0) is 25.4. The average Bonchev–Trinajstić information content (AvgIpc) is 3.26. The molecule has 4 rings (SSSR count). The molecule has 0 saturated heterocycles. The van der Waals surface area contributed by atoms with Crippen LogP contribution in [0.15, 0.2) is 76.8 Å². The lowest BCUT2D eigenvalue weighted by Gasteiger charge is -2.29. The maximum absolute atomic E-state index is 14.1. The zero-order valence-corrected chi connectivity index (χ0v) is 20.2. The van der Waals surface area contributed by atoms with Gasteiger partial charge in [0.15, 0.2) is 0 Å². The van der Waals surface area contributed by atoms with Gasteiger partial charge in [-0.1, -0.05) is 28.4 Å². The Morgan fingerprint density at radius 3 is 2.06 bits per heavy atom. The molecule has 184 valence electrons. The van der Waals surface area contributed by atoms with Crippen molar-refractivity contribution in [2.24, 2.45) is 5.16 Å². The molecule has 1 heterocycles. The van der Waals surface area contributed by atoms with E-state index < -0.39 is 28.3 Å². The van der Waals surface area contributed by atoms with Crippen LogP contribution in [0, 0.1) is 0 Å². The number of hydrogen-bond acceptors (Lipinski definition) is 6. The summed E-state index contributed by atoms with van der Waals surface area (Å²) in [7, 11) is -2.69. The van der Waals surface area contributed by atoms with Crippen LogP contribution < -0.4 is 8.92 Å². The number of hydrogen-bond donors (Lipinski definition) is 0. The van der Waals surface area contributed by atoms with Gasteiger partial charge in [-0.05, 0) is 72.3 Å². The smallest absolute Gasteiger partial charge is 0.435 e. The van der Waals surface area contributed by atoms with E-state index in [1.54, 1.807) is 0 Å². The summed E-state index contributed by atoms with van der Waals surface area (Å²) in [4.78, 5) is 4.87. The van der Waals surface area contributed by atoms with Crippen LogP contribution in [-0.4, -0.2) is 27.4 Å². The molecule has 0 aromatic heterocycles. The topological polar surface area (TPSA) is 74.2 Å². The van der Waals surface area contributed by atoms with E-state index in [-0.39, 0.29) is 32.0 Å². The Hall–Kier alpha value is -2.95. The second-order valence-electron chi connectivity index (χ2n) is 7.53. The van der Waals surface area contributed by atoms with Gasteiger partial charge in [0, 0.05) is 22.0 Å². The highest BCUT2D eigenvalue weighted by Gasteiger charge is 2.62. The predicted octanol–water partition coefficient (Wildman–Crippen LogP) is 6.35. The number of methoxy groups -OCH3 is 1. The van der Waals surface area contributed by atoms with Gasteiger partial charge in [-0.15, -0.1) is 0 Å². The fourth-order valence-electron chi connectivity index (χ4n) is 3.47. The van der Waals surface area contributed by atoms with Crippen molar-refractivity contribution >= 4 is 39.0 Å². The molecule has 1 atom stereocenters. The highest BCUT2D eigenvalue weighted by atomic mass is 35.5. The Labute approximate surface area is 208 Å². The normalized spacial score (nSPS) is 18.1. The summed E-state index contributed by atoms with van der Waals surface area (Å²) in [6.07, 6.45) is -5.47. The molecule has 0 bridgehead atoms. The summed E-state index contributed by atoms with van der Waals surface area (Å²) in [6.45, 7) is 0. The fourth-order valence-corrected chi connectivity index (χ4v) is 4.92. The molecule has 0 N–H and O–H groups in total. The first-order valence-corrected chi connectivity index (χ1v) is 12.1. The van der Waals surface area contributed by atoms with Crippen LogP contribution in [0.1, 0.15) is 17.5 Å². The Morgan fingerprint density at radius 1 is 0.943 bits per heavy atom. The first-order valence-electron chi connectivity index (χ1n) is 9.91. The molecule has 0 spiro atoms. The number of oxime groups is 1. The first-order chi connectivity index (χ1) is 16.4. The summed E-state index contributed by atoms with van der Waals surface area (Å²) < 4.78 is 77.5. The minimum Gasteiger partial charge on any atom is -0.497 e. The van der Waals surface area contributed by atoms with Crippen LogP contribution >= 0.6 is 23.2 Å². The number of rotatable bonds is 6. The fraction of sp³-hybridized carbons (Fsp3) is 0.174. The molecule has 0 amide bonds. The van der Waals surface area contributed by atoms with E-state index >= 15 is 0 Å². The largest absolute Gasteiger partial charge is 0.497 e. The van der Waals surface area contributed by atoms with E-state index in [2.05, 4.69) is 5.16 Å². The average molecular weight is 546 g/mol. The van der Waals surface area contributed by atoms with Crippen LogP contribution in [0.4, 0.5) is 13.2 Å². The third-order valence-electron chi connectivity index (χ3n) is 5.26. The van der Waals surface area contributed by atoms with Gasteiger partial charge in [-0.3, -0.25) is 0 Å². The quantitative estimate of drug-likeness (QED) is 0.337. The lowest BCUT2D eigenvalue weighted by Crippen LogP contribution is -2.42. The van der Waals surface area contributed by atoms with Gasteiger partial charge >= 0.3 is 16.3 Å². The Balaban J connectivity index is 1.55. The molecule has 0 fully saturated rings. The third-order valence-corrected chi connectivity index (χ3v) is 6.95. The van der Waals surface area contributed by atoms with Gasteiger partial charge < -0.3 is 13.8 Å². The molecule has 0 radical (unpaired) electrons. The molecule has 3 aromatic carbocycles. The van der Waals surface area contributed by atoms with E-state index in [4.69, 9.17) is 37.0 Å². The van der Waals surface area contributed by atoms with Gasteiger partial charge in [0.25, 0.3) is 5.60 Å². The van der Waals surface area contributed by atoms with E-state index in [1.807, 2.05) is 0 Å². The van der Waals surface area contributed by atoms with Gasteiger partial charge in [0.05, 0.1) is 12.8 Å². The molecule has 35 heavy (non-hydrogen) atoms. The second kappa shape index (κ2) is 9.25. The van der Waals surface area contributed by atoms with Crippen molar-refractivity contribution in [2.75, 3.05) is 7.11 Å². The molecular formula is C23H16Cl2F3NO5S. The lowest BCUT2D eigenvalue weighted by atomic mass is 9.86. The number of nitrogens with zero attached hydrogens (tertiary/aromatic N) is 1. The number of halogens is 5. The van der Waals surface area contributed by atoms with Crippen LogP contribution in [0.3, 0.4) is 0 Å². The highest BCUT2D eigenvalue weighted by molar-refractivity contribution is 7.87. The predicted molar refractivity (Wildman–Crippen MR) is 124 cm³/mol. The van der Waals surface area contributed by atoms with Crippen LogP contribution in [0.2, 0.25) is 10.0 Å². The molecular weight excluding hydrogens is 530 g/mol. The maximum Gasteiger partial charge on any atom is 0.435 e. The van der Waals surface area contributed by atoms with E-state index in [0.717, 1.165) is 12.1 Å². The SMILES string of the molecule is COc1ccc(S(=O)(=O)Oc2ccc(C3=NOC(c4cc(Cl)cc(Cl)c4)(C(F)(F)F)C3)cc2)cc1. The summed E-state index contributed by atoms with van der Waals surface area (Å²) in [5.74, 6) is 0.440. The first kappa shape index (κ1) is 25.2. The summed E-state index contributed by atoms with van der Waals surface area (Å²) >= 11 is 11.8. The molecule has 0 aliphatic carbocycles. The number of alkyl halides is 3. The minimum absolute atomic E-state index is 0.00276. The zero-order valence-electron chi connectivity index (χ0n) is 17.8. The van der Waals surface area contributed by atoms with Crippen LogP contribution in [-0.2, 0) is 20.6 Å². The van der Waals surface area contributed by atoms with E-state index in [1.165, 1.54) is 61.7 Å². The summed E-state index contributed by atoms with van der Waals surface area (Å²) in [5.41, 5.74) is -2.77. The second-order valence-corrected chi connectivity index (χ2v) is 9.95. The standard InChI is InChI=1S/C23H16Cl2F3NO5S/c1-32-18-6-8-20(9-7-18)35(30,31)33-19-4-2-14(3-5-19)21-13-22(34-29-21,23(26,27)28)15-10-16(24)12-17(25)11-15/h2-12H,13H2,1H3. The number of ether oxygens (including phenoxy) is 1. The van der Waals surface area contributed by atoms with Gasteiger partial charge in [-0.25, -0.2) is 0 Å². The Morgan fingerprint density at radius 2 is 1.51 bits per heavy atom. The summed E-state index contributed by atoms with van der Waals surface area (Å²) in [5, 5.41) is 3.71. The molecule has 1 aliphatic rings. The van der Waals surface area contributed by atoms with Crippen molar-refractivity contribution in [2.45, 2.75) is 23.1 Å². The van der Waals surface area contributed by atoms with Crippen LogP contribution in [0.5, 0.6) is 11.5 Å².